The van der Waals surface area contributed by atoms with Crippen molar-refractivity contribution in [3.8, 4) is 11.7 Å². The predicted molar refractivity (Wildman–Crippen MR) is 154 cm³/mol. The number of sulfonamides is 1. The number of alkyl halides is 3. The van der Waals surface area contributed by atoms with E-state index in [0.717, 1.165) is 6.42 Å². The minimum atomic E-state index is -4.34. The van der Waals surface area contributed by atoms with Crippen molar-refractivity contribution in [2.45, 2.75) is 70.5 Å². The van der Waals surface area contributed by atoms with Gasteiger partial charge in [-0.3, -0.25) is 4.79 Å². The Balaban J connectivity index is 1.47. The summed E-state index contributed by atoms with van der Waals surface area (Å²) in [5, 5.41) is 4.27. The fourth-order valence-electron chi connectivity index (χ4n) is 5.66. The van der Waals surface area contributed by atoms with Crippen LogP contribution in [0.15, 0.2) is 41.7 Å². The number of nitrogens with one attached hydrogen (secondary N) is 1. The summed E-state index contributed by atoms with van der Waals surface area (Å²) in [7, 11) is -2.48. The van der Waals surface area contributed by atoms with Crippen LogP contribution in [0.3, 0.4) is 0 Å². The van der Waals surface area contributed by atoms with E-state index in [1.165, 1.54) is 35.3 Å². The molecule has 1 atom stereocenters. The molecule has 14 heteroatoms. The van der Waals surface area contributed by atoms with Gasteiger partial charge in [0, 0.05) is 43.8 Å². The molecule has 0 aromatic carbocycles. The average Bonchev–Trinajstić information content (AvgIpc) is 3.24. The maximum absolute atomic E-state index is 13.6. The smallest absolute Gasteiger partial charge is 0.397 e. The van der Waals surface area contributed by atoms with Crippen molar-refractivity contribution >= 4 is 21.7 Å². The number of aryl methyl sites for hydroxylation is 2. The summed E-state index contributed by atoms with van der Waals surface area (Å²) in [6.45, 7) is 10.1. The molecule has 0 radical (unpaired) electrons. The molecule has 0 bridgehead atoms. The highest BCUT2D eigenvalue weighted by Crippen LogP contribution is 2.57. The molecule has 2 fully saturated rings. The maximum atomic E-state index is 13.6. The fourth-order valence-corrected chi connectivity index (χ4v) is 6.90. The number of carbonyl (C=O) groups is 1. The highest BCUT2D eigenvalue weighted by molar-refractivity contribution is 7.90. The van der Waals surface area contributed by atoms with Crippen LogP contribution in [0, 0.1) is 24.2 Å². The van der Waals surface area contributed by atoms with Gasteiger partial charge in [-0.25, -0.2) is 22.8 Å². The summed E-state index contributed by atoms with van der Waals surface area (Å²) in [4.78, 5) is 20.4. The summed E-state index contributed by atoms with van der Waals surface area (Å²) in [5.41, 5.74) is -1.66. The van der Waals surface area contributed by atoms with Crippen LogP contribution in [0.1, 0.15) is 62.9 Å². The molecule has 4 heterocycles. The van der Waals surface area contributed by atoms with Crippen LogP contribution in [-0.2, 0) is 17.1 Å². The third-order valence-electron chi connectivity index (χ3n) is 8.59. The molecular weight excluding hydrogens is 585 g/mol. The Morgan fingerprint density at radius 1 is 1.19 bits per heavy atom. The molecule has 10 nitrogen and oxygen atoms in total. The molecule has 1 aliphatic heterocycles. The minimum Gasteiger partial charge on any atom is -0.476 e. The van der Waals surface area contributed by atoms with E-state index in [-0.39, 0.29) is 35.0 Å². The van der Waals surface area contributed by atoms with Crippen LogP contribution in [0.5, 0.6) is 5.88 Å². The van der Waals surface area contributed by atoms with Crippen LogP contribution in [0.2, 0.25) is 0 Å². The number of aromatic nitrogens is 4. The van der Waals surface area contributed by atoms with E-state index in [0.29, 0.717) is 29.8 Å². The van der Waals surface area contributed by atoms with Crippen molar-refractivity contribution in [2.24, 2.45) is 24.3 Å². The van der Waals surface area contributed by atoms with Crippen molar-refractivity contribution in [2.75, 3.05) is 18.1 Å². The number of rotatable bonds is 9. The van der Waals surface area contributed by atoms with Crippen molar-refractivity contribution in [1.82, 2.24) is 24.1 Å². The summed E-state index contributed by atoms with van der Waals surface area (Å²) < 4.78 is 76.9. The summed E-state index contributed by atoms with van der Waals surface area (Å²) >= 11 is 0. The summed E-state index contributed by atoms with van der Waals surface area (Å²) in [5.74, 6) is 0.446. The predicted octanol–water partition coefficient (Wildman–Crippen LogP) is 5.02. The molecule has 1 unspecified atom stereocenters. The zero-order chi connectivity index (χ0) is 31.5. The molecule has 234 valence electrons. The lowest BCUT2D eigenvalue weighted by Crippen LogP contribution is -2.41. The van der Waals surface area contributed by atoms with E-state index < -0.39 is 39.7 Å². The first-order chi connectivity index (χ1) is 19.9. The third kappa shape index (κ3) is 5.98. The van der Waals surface area contributed by atoms with E-state index in [9.17, 15) is 26.4 Å². The lowest BCUT2D eigenvalue weighted by Gasteiger charge is -2.34. The maximum Gasteiger partial charge on any atom is 0.397 e. The highest BCUT2D eigenvalue weighted by atomic mass is 32.2. The van der Waals surface area contributed by atoms with Gasteiger partial charge in [0.15, 0.2) is 5.82 Å². The van der Waals surface area contributed by atoms with Crippen molar-refractivity contribution in [1.29, 1.82) is 0 Å². The molecule has 1 amide bonds. The van der Waals surface area contributed by atoms with Crippen LogP contribution >= 0.6 is 0 Å². The summed E-state index contributed by atoms with van der Waals surface area (Å²) in [6.07, 6.45) is 1.13. The normalized spacial score (nSPS) is 19.6. The van der Waals surface area contributed by atoms with Crippen molar-refractivity contribution < 1.29 is 31.1 Å². The van der Waals surface area contributed by atoms with Gasteiger partial charge in [0.2, 0.25) is 5.88 Å². The number of pyridine rings is 1. The van der Waals surface area contributed by atoms with E-state index in [2.05, 4.69) is 23.7 Å². The van der Waals surface area contributed by atoms with E-state index in [1.54, 1.807) is 24.7 Å². The van der Waals surface area contributed by atoms with Crippen LogP contribution in [-0.4, -0.2) is 58.5 Å². The SMILES string of the molecule is Cc1cn(C)cc1S(=O)(=O)NC(=O)c1ccc(-n2ccc(OCC3(C(F)(F)F)CC3)n2)nc1N1CC(C(C)C)CC1(C)C. The Labute approximate surface area is 249 Å². The second-order valence-corrected chi connectivity index (χ2v) is 14.4. The standard InChI is InChI=1S/C29H37F3N6O4S/c1-18(2)20-13-27(4,5)37(15-20)25-21(26(39)35-43(40,41)22-16-36(6)14-19(22)3)7-8-23(33-25)38-12-9-24(34-38)42-17-28(10-11-28)29(30,31)32/h7-9,12,14,16,18,20H,10-11,13,15,17H2,1-6H3,(H,35,39). The molecule has 1 saturated heterocycles. The molecule has 1 saturated carbocycles. The van der Waals surface area contributed by atoms with Gasteiger partial charge in [-0.05, 0) is 69.6 Å². The Morgan fingerprint density at radius 3 is 2.44 bits per heavy atom. The molecule has 5 rings (SSSR count). The van der Waals surface area contributed by atoms with Gasteiger partial charge in [-0.2, -0.15) is 13.2 Å². The molecule has 1 N–H and O–H groups in total. The Hall–Kier alpha value is -3.55. The zero-order valence-electron chi connectivity index (χ0n) is 25.1. The topological polar surface area (TPSA) is 111 Å². The molecular formula is C29H37F3N6O4S. The van der Waals surface area contributed by atoms with Crippen LogP contribution in [0.25, 0.3) is 5.82 Å². The first-order valence-electron chi connectivity index (χ1n) is 14.2. The highest BCUT2D eigenvalue weighted by Gasteiger charge is 2.64. The van der Waals surface area contributed by atoms with Crippen molar-refractivity contribution in [3.63, 3.8) is 0 Å². The van der Waals surface area contributed by atoms with E-state index >= 15 is 0 Å². The summed E-state index contributed by atoms with van der Waals surface area (Å²) in [6, 6.07) is 4.46. The van der Waals surface area contributed by atoms with Crippen LogP contribution < -0.4 is 14.4 Å². The molecule has 0 spiro atoms. The Kier molecular flexibility index (Phi) is 7.59. The Bertz CT molecular complexity index is 1640. The second-order valence-electron chi connectivity index (χ2n) is 12.7. The van der Waals surface area contributed by atoms with Crippen LogP contribution in [0.4, 0.5) is 19.0 Å². The number of anilines is 1. The average molecular weight is 623 g/mol. The quantitative estimate of drug-likeness (QED) is 0.357. The van der Waals surface area contributed by atoms with Gasteiger partial charge in [0.05, 0.1) is 5.56 Å². The van der Waals surface area contributed by atoms with Gasteiger partial charge in [-0.15, -0.1) is 5.10 Å². The number of hydrogen-bond acceptors (Lipinski definition) is 7. The molecule has 1 aliphatic carbocycles. The minimum absolute atomic E-state index is 0.00146. The van der Waals surface area contributed by atoms with Gasteiger partial charge >= 0.3 is 6.18 Å². The monoisotopic (exact) mass is 622 g/mol. The Morgan fingerprint density at radius 2 is 1.88 bits per heavy atom. The fraction of sp³-hybridized carbons (Fsp3) is 0.552. The number of nitrogens with zero attached hydrogens (tertiary/aromatic N) is 5. The number of halogens is 3. The van der Waals surface area contributed by atoms with Crippen molar-refractivity contribution in [3.05, 3.63) is 47.9 Å². The lowest BCUT2D eigenvalue weighted by atomic mass is 9.89. The van der Waals surface area contributed by atoms with Gasteiger partial charge in [0.25, 0.3) is 15.9 Å². The first kappa shape index (κ1) is 30.9. The molecule has 2 aliphatic rings. The molecule has 3 aromatic rings. The van der Waals surface area contributed by atoms with Gasteiger partial charge < -0.3 is 14.2 Å². The van der Waals surface area contributed by atoms with E-state index in [4.69, 9.17) is 9.72 Å². The first-order valence-corrected chi connectivity index (χ1v) is 15.6. The van der Waals surface area contributed by atoms with Gasteiger partial charge in [0.1, 0.15) is 22.7 Å². The molecule has 3 aromatic heterocycles. The second kappa shape index (κ2) is 10.6. The molecule has 43 heavy (non-hydrogen) atoms. The number of hydrogen-bond donors (Lipinski definition) is 1. The number of amides is 1. The zero-order valence-corrected chi connectivity index (χ0v) is 25.9. The number of ether oxygens (including phenoxy) is 1. The number of carbonyl (C=O) groups excluding carboxylic acids is 1. The van der Waals surface area contributed by atoms with Gasteiger partial charge in [-0.1, -0.05) is 13.8 Å². The lowest BCUT2D eigenvalue weighted by molar-refractivity contribution is -0.194. The third-order valence-corrected chi connectivity index (χ3v) is 10.0. The largest absolute Gasteiger partial charge is 0.476 e. The van der Waals surface area contributed by atoms with E-state index in [1.807, 2.05) is 18.7 Å².